The first-order valence-electron chi connectivity index (χ1n) is 13.8. The third-order valence-corrected chi connectivity index (χ3v) is 8.37. The fourth-order valence-corrected chi connectivity index (χ4v) is 6.32. The number of hydrogen-bond acceptors (Lipinski definition) is 8. The van der Waals surface area contributed by atoms with Gasteiger partial charge in [-0.15, -0.1) is 0 Å². The SMILES string of the molecule is COc1c(C)cnc(CSc2nc3cc(OC(=O)CNC(=O)OCC4c5ccccc5-c5ccccc54)ccc3[nH]2)c1C. The van der Waals surface area contributed by atoms with Gasteiger partial charge in [-0.3, -0.25) is 4.98 Å². The number of fused-ring (bicyclic) bond motifs is 4. The molecule has 5 aromatic rings. The van der Waals surface area contributed by atoms with E-state index in [2.05, 4.69) is 44.5 Å². The second-order valence-corrected chi connectivity index (χ2v) is 11.2. The Kier molecular flexibility index (Phi) is 8.02. The van der Waals surface area contributed by atoms with Gasteiger partial charge in [0.2, 0.25) is 0 Å². The second kappa shape index (κ2) is 12.2. The summed E-state index contributed by atoms with van der Waals surface area (Å²) in [4.78, 5) is 37.3. The molecule has 1 aliphatic carbocycles. The molecule has 0 spiro atoms. The molecule has 0 bridgehead atoms. The molecule has 0 radical (unpaired) electrons. The Morgan fingerprint density at radius 1 is 1.00 bits per heavy atom. The fourth-order valence-electron chi connectivity index (χ4n) is 5.41. The third-order valence-electron chi connectivity index (χ3n) is 7.48. The van der Waals surface area contributed by atoms with Gasteiger partial charge in [0.05, 0.1) is 23.8 Å². The maximum Gasteiger partial charge on any atom is 0.407 e. The minimum atomic E-state index is -0.681. The first kappa shape index (κ1) is 28.3. The van der Waals surface area contributed by atoms with Crippen molar-refractivity contribution in [2.24, 2.45) is 0 Å². The Morgan fingerprint density at radius 2 is 1.72 bits per heavy atom. The number of amides is 1. The van der Waals surface area contributed by atoms with Crippen LogP contribution in [0.1, 0.15) is 33.9 Å². The molecule has 6 rings (SSSR count). The largest absolute Gasteiger partial charge is 0.496 e. The number of nitrogens with zero attached hydrogens (tertiary/aromatic N) is 2. The van der Waals surface area contributed by atoms with E-state index in [-0.39, 0.29) is 19.1 Å². The van der Waals surface area contributed by atoms with Crippen LogP contribution in [0.5, 0.6) is 11.5 Å². The van der Waals surface area contributed by atoms with Crippen molar-refractivity contribution in [1.29, 1.82) is 0 Å². The fraction of sp³-hybridized carbons (Fsp3) is 0.212. The van der Waals surface area contributed by atoms with E-state index in [9.17, 15) is 9.59 Å². The van der Waals surface area contributed by atoms with Crippen LogP contribution in [0.4, 0.5) is 4.79 Å². The molecule has 2 N–H and O–H groups in total. The predicted molar refractivity (Wildman–Crippen MR) is 165 cm³/mol. The molecular formula is C33H30N4O5S. The van der Waals surface area contributed by atoms with Crippen molar-refractivity contribution in [3.8, 4) is 22.6 Å². The van der Waals surface area contributed by atoms with Gasteiger partial charge in [-0.1, -0.05) is 60.3 Å². The number of rotatable bonds is 9. The highest BCUT2D eigenvalue weighted by Crippen LogP contribution is 2.44. The molecule has 10 heteroatoms. The number of aromatic amines is 1. The monoisotopic (exact) mass is 594 g/mol. The van der Waals surface area contributed by atoms with Crippen LogP contribution in [0.2, 0.25) is 0 Å². The smallest absolute Gasteiger partial charge is 0.407 e. The number of H-pyrrole nitrogens is 1. The van der Waals surface area contributed by atoms with Gasteiger partial charge in [0.25, 0.3) is 0 Å². The van der Waals surface area contributed by atoms with Gasteiger partial charge in [0.1, 0.15) is 24.7 Å². The zero-order valence-corrected chi connectivity index (χ0v) is 24.8. The van der Waals surface area contributed by atoms with Crippen molar-refractivity contribution in [3.63, 3.8) is 0 Å². The molecule has 2 heterocycles. The number of methoxy groups -OCH3 is 1. The summed E-state index contributed by atoms with van der Waals surface area (Å²) in [6.07, 6.45) is 1.13. The van der Waals surface area contributed by atoms with E-state index in [0.717, 1.165) is 55.5 Å². The number of imidazole rings is 1. The number of thioether (sulfide) groups is 1. The highest BCUT2D eigenvalue weighted by atomic mass is 32.2. The zero-order chi connectivity index (χ0) is 29.9. The number of benzene rings is 3. The van der Waals surface area contributed by atoms with Gasteiger partial charge in [0.15, 0.2) is 5.16 Å². The molecule has 3 aromatic carbocycles. The van der Waals surface area contributed by atoms with E-state index >= 15 is 0 Å². The maximum atomic E-state index is 12.5. The number of carbonyl (C=O) groups excluding carboxylic acids is 2. The lowest BCUT2D eigenvalue weighted by Gasteiger charge is -2.14. The third kappa shape index (κ3) is 5.91. The van der Waals surface area contributed by atoms with Crippen LogP contribution in [-0.2, 0) is 15.3 Å². The number of ether oxygens (including phenoxy) is 3. The summed E-state index contributed by atoms with van der Waals surface area (Å²) in [5, 5.41) is 3.21. The maximum absolute atomic E-state index is 12.5. The van der Waals surface area contributed by atoms with E-state index in [0.29, 0.717) is 17.0 Å². The molecule has 0 saturated carbocycles. The van der Waals surface area contributed by atoms with E-state index in [1.165, 1.54) is 11.8 Å². The number of aromatic nitrogens is 3. The van der Waals surface area contributed by atoms with Crippen LogP contribution >= 0.6 is 11.8 Å². The average molecular weight is 595 g/mol. The lowest BCUT2D eigenvalue weighted by Crippen LogP contribution is -2.33. The average Bonchev–Trinajstić information content (AvgIpc) is 3.57. The molecule has 43 heavy (non-hydrogen) atoms. The first-order valence-corrected chi connectivity index (χ1v) is 14.8. The van der Waals surface area contributed by atoms with Crippen LogP contribution in [0.3, 0.4) is 0 Å². The normalized spacial score (nSPS) is 12.1. The van der Waals surface area contributed by atoms with E-state index in [4.69, 9.17) is 14.2 Å². The Hall–Kier alpha value is -4.83. The molecule has 9 nitrogen and oxygen atoms in total. The van der Waals surface area contributed by atoms with Crippen LogP contribution in [-0.4, -0.2) is 47.3 Å². The van der Waals surface area contributed by atoms with Gasteiger partial charge in [0, 0.05) is 35.1 Å². The van der Waals surface area contributed by atoms with E-state index in [1.54, 1.807) is 25.3 Å². The Balaban J connectivity index is 1.01. The summed E-state index contributed by atoms with van der Waals surface area (Å²) in [6.45, 7) is 3.80. The van der Waals surface area contributed by atoms with Crippen LogP contribution in [0.15, 0.2) is 78.1 Å². The highest BCUT2D eigenvalue weighted by Gasteiger charge is 2.29. The van der Waals surface area contributed by atoms with Crippen LogP contribution in [0.25, 0.3) is 22.2 Å². The molecule has 218 valence electrons. The van der Waals surface area contributed by atoms with Gasteiger partial charge >= 0.3 is 12.1 Å². The Bertz CT molecular complexity index is 1790. The van der Waals surface area contributed by atoms with E-state index in [1.807, 2.05) is 44.3 Å². The summed E-state index contributed by atoms with van der Waals surface area (Å²) in [5.41, 5.74) is 8.92. The number of aryl methyl sites for hydroxylation is 1. The van der Waals surface area contributed by atoms with Crippen LogP contribution < -0.4 is 14.8 Å². The topological polar surface area (TPSA) is 115 Å². The standard InChI is InChI=1S/C33H30N4O5S/c1-19-15-34-29(20(2)31(19)40-3)18-43-32-36-27-13-12-21(14-28(27)37-32)42-30(38)16-35-33(39)41-17-26-24-10-6-4-8-22(24)23-9-5-7-11-25(23)26/h4-15,26H,16-18H2,1-3H3,(H,35,39)(H,36,37). The van der Waals surface area contributed by atoms with Crippen molar-refractivity contribution >= 4 is 34.9 Å². The Morgan fingerprint density at radius 3 is 2.44 bits per heavy atom. The molecule has 0 fully saturated rings. The molecular weight excluding hydrogens is 564 g/mol. The highest BCUT2D eigenvalue weighted by molar-refractivity contribution is 7.98. The summed E-state index contributed by atoms with van der Waals surface area (Å²) in [5.74, 6) is 1.11. The minimum absolute atomic E-state index is 0.0614. The first-order chi connectivity index (χ1) is 20.9. The quantitative estimate of drug-likeness (QED) is 0.116. The Labute approximate surface area is 253 Å². The molecule has 0 unspecified atom stereocenters. The van der Waals surface area contributed by atoms with Crippen molar-refractivity contribution < 1.29 is 23.8 Å². The second-order valence-electron chi connectivity index (χ2n) is 10.2. The number of pyridine rings is 1. The molecule has 0 saturated heterocycles. The molecule has 0 atom stereocenters. The van der Waals surface area contributed by atoms with Crippen LogP contribution in [0, 0.1) is 13.8 Å². The number of hydrogen-bond donors (Lipinski definition) is 2. The molecule has 2 aromatic heterocycles. The zero-order valence-electron chi connectivity index (χ0n) is 24.0. The summed E-state index contributed by atoms with van der Waals surface area (Å²) in [6, 6.07) is 21.4. The number of carbonyl (C=O) groups is 2. The van der Waals surface area contributed by atoms with Gasteiger partial charge < -0.3 is 24.5 Å². The van der Waals surface area contributed by atoms with Gasteiger partial charge in [-0.2, -0.15) is 0 Å². The summed E-state index contributed by atoms with van der Waals surface area (Å²) < 4.78 is 16.4. The van der Waals surface area contributed by atoms with Gasteiger partial charge in [-0.05, 0) is 48.2 Å². The lowest BCUT2D eigenvalue weighted by molar-refractivity contribution is -0.133. The number of alkyl carbamates (subject to hydrolysis) is 1. The lowest BCUT2D eigenvalue weighted by atomic mass is 9.98. The number of esters is 1. The number of nitrogens with one attached hydrogen (secondary N) is 2. The van der Waals surface area contributed by atoms with Crippen molar-refractivity contribution in [2.75, 3.05) is 20.3 Å². The van der Waals surface area contributed by atoms with Crippen molar-refractivity contribution in [1.82, 2.24) is 20.3 Å². The van der Waals surface area contributed by atoms with Gasteiger partial charge in [-0.25, -0.2) is 14.6 Å². The van der Waals surface area contributed by atoms with Crippen molar-refractivity contribution in [3.05, 3.63) is 101 Å². The van der Waals surface area contributed by atoms with Crippen molar-refractivity contribution in [2.45, 2.75) is 30.7 Å². The molecule has 1 amide bonds. The minimum Gasteiger partial charge on any atom is -0.496 e. The summed E-state index contributed by atoms with van der Waals surface area (Å²) >= 11 is 1.52. The molecule has 0 aliphatic heterocycles. The molecule has 1 aliphatic rings. The predicted octanol–water partition coefficient (Wildman–Crippen LogP) is 6.32. The van der Waals surface area contributed by atoms with E-state index < -0.39 is 12.1 Å². The summed E-state index contributed by atoms with van der Waals surface area (Å²) in [7, 11) is 1.66.